The third-order valence-electron chi connectivity index (χ3n) is 15.2. The monoisotopic (exact) mass is 1030 g/mol. The number of ether oxygens (including phenoxy) is 1. The van der Waals surface area contributed by atoms with E-state index in [2.05, 4.69) is 43.5 Å². The van der Waals surface area contributed by atoms with E-state index in [-0.39, 0.29) is 18.5 Å². The summed E-state index contributed by atoms with van der Waals surface area (Å²) in [6, 6.07) is -0.627. The third-order valence-corrected chi connectivity index (χ3v) is 15.2. The van der Waals surface area contributed by atoms with Gasteiger partial charge >= 0.3 is 5.97 Å². The highest BCUT2D eigenvalue weighted by Crippen LogP contribution is 2.18. The summed E-state index contributed by atoms with van der Waals surface area (Å²) in [4.78, 5) is 24.5. The maximum Gasteiger partial charge on any atom is 0.305 e. The van der Waals surface area contributed by atoms with E-state index < -0.39 is 12.1 Å². The van der Waals surface area contributed by atoms with Gasteiger partial charge < -0.3 is 20.3 Å². The average molecular weight is 1030 g/mol. The fraction of sp³-hybridized carbons (Fsp3) is 0.881. The number of unbranched alkanes of at least 4 members (excludes halogenated alkanes) is 46. The van der Waals surface area contributed by atoms with Gasteiger partial charge in [0.1, 0.15) is 0 Å². The van der Waals surface area contributed by atoms with E-state index in [0.717, 1.165) is 51.4 Å². The first kappa shape index (κ1) is 71.1. The van der Waals surface area contributed by atoms with Crippen LogP contribution in [0.2, 0.25) is 0 Å². The lowest BCUT2D eigenvalue weighted by Crippen LogP contribution is -2.45. The van der Waals surface area contributed by atoms with E-state index in [0.29, 0.717) is 19.4 Å². The van der Waals surface area contributed by atoms with E-state index in [1.807, 2.05) is 6.08 Å². The van der Waals surface area contributed by atoms with Crippen LogP contribution in [0.3, 0.4) is 0 Å². The highest BCUT2D eigenvalue weighted by Gasteiger charge is 2.18. The molecular formula is C67H127NO5. The van der Waals surface area contributed by atoms with Crippen LogP contribution in [0.1, 0.15) is 354 Å². The lowest BCUT2D eigenvalue weighted by molar-refractivity contribution is -0.143. The fourth-order valence-electron chi connectivity index (χ4n) is 10.1. The number of amides is 1. The minimum Gasteiger partial charge on any atom is -0.466 e. The van der Waals surface area contributed by atoms with Crippen molar-refractivity contribution < 1.29 is 24.5 Å². The number of rotatable bonds is 61. The zero-order valence-electron chi connectivity index (χ0n) is 49.1. The van der Waals surface area contributed by atoms with Gasteiger partial charge in [0, 0.05) is 12.8 Å². The van der Waals surface area contributed by atoms with Crippen LogP contribution in [0.4, 0.5) is 0 Å². The summed E-state index contributed by atoms with van der Waals surface area (Å²) in [5.41, 5.74) is 0. The fourth-order valence-corrected chi connectivity index (χ4v) is 10.1. The first-order chi connectivity index (χ1) is 36.0. The molecule has 0 aliphatic rings. The Bertz CT molecular complexity index is 1180. The van der Waals surface area contributed by atoms with Gasteiger partial charge in [0.2, 0.25) is 5.91 Å². The van der Waals surface area contributed by atoms with Gasteiger partial charge in [-0.2, -0.15) is 0 Å². The molecule has 0 aromatic rings. The third kappa shape index (κ3) is 59.2. The maximum absolute atomic E-state index is 12.5. The molecule has 0 bridgehead atoms. The van der Waals surface area contributed by atoms with Crippen molar-refractivity contribution in [3.8, 4) is 0 Å². The van der Waals surface area contributed by atoms with Crippen LogP contribution in [0.5, 0.6) is 0 Å². The molecule has 1 amide bonds. The molecule has 0 heterocycles. The van der Waals surface area contributed by atoms with Gasteiger partial charge in [0.15, 0.2) is 0 Å². The molecule has 430 valence electrons. The van der Waals surface area contributed by atoms with Crippen LogP contribution >= 0.6 is 0 Å². The van der Waals surface area contributed by atoms with Crippen LogP contribution in [0.15, 0.2) is 36.5 Å². The van der Waals surface area contributed by atoms with Crippen molar-refractivity contribution in [2.75, 3.05) is 13.2 Å². The Hall–Kier alpha value is -1.92. The Kier molecular flexibility index (Phi) is 61.0. The quantitative estimate of drug-likeness (QED) is 0.0320. The largest absolute Gasteiger partial charge is 0.466 e. The summed E-state index contributed by atoms with van der Waals surface area (Å²) in [6.07, 6.45) is 79.1. The van der Waals surface area contributed by atoms with Gasteiger partial charge in [-0.1, -0.05) is 314 Å². The lowest BCUT2D eigenvalue weighted by Gasteiger charge is -2.20. The van der Waals surface area contributed by atoms with Gasteiger partial charge in [0.05, 0.1) is 25.4 Å². The number of hydrogen-bond acceptors (Lipinski definition) is 5. The van der Waals surface area contributed by atoms with E-state index in [1.165, 1.54) is 276 Å². The highest BCUT2D eigenvalue weighted by atomic mass is 16.5. The Morgan fingerprint density at radius 2 is 0.685 bits per heavy atom. The van der Waals surface area contributed by atoms with Gasteiger partial charge in [-0.25, -0.2) is 0 Å². The van der Waals surface area contributed by atoms with Crippen LogP contribution in [0, 0.1) is 0 Å². The molecule has 0 aromatic carbocycles. The Balaban J connectivity index is 3.38. The molecule has 0 aliphatic carbocycles. The average Bonchev–Trinajstić information content (AvgIpc) is 3.39. The van der Waals surface area contributed by atoms with Crippen molar-refractivity contribution in [2.45, 2.75) is 366 Å². The molecular weight excluding hydrogens is 899 g/mol. The molecule has 0 rings (SSSR count). The van der Waals surface area contributed by atoms with Crippen molar-refractivity contribution in [3.63, 3.8) is 0 Å². The van der Waals surface area contributed by atoms with Crippen LogP contribution < -0.4 is 5.32 Å². The van der Waals surface area contributed by atoms with Crippen LogP contribution in [0.25, 0.3) is 0 Å². The summed E-state index contributed by atoms with van der Waals surface area (Å²) >= 11 is 0. The number of aliphatic hydroxyl groups is 2. The molecule has 3 N–H and O–H groups in total. The van der Waals surface area contributed by atoms with E-state index >= 15 is 0 Å². The van der Waals surface area contributed by atoms with E-state index in [1.54, 1.807) is 6.08 Å². The number of carbonyl (C=O) groups excluding carboxylic acids is 2. The van der Waals surface area contributed by atoms with Crippen LogP contribution in [-0.4, -0.2) is 47.4 Å². The van der Waals surface area contributed by atoms with E-state index in [4.69, 9.17) is 4.74 Å². The minimum absolute atomic E-state index is 0.00208. The summed E-state index contributed by atoms with van der Waals surface area (Å²) in [5.74, 6) is -0.0624. The summed E-state index contributed by atoms with van der Waals surface area (Å²) in [7, 11) is 0. The number of nitrogens with one attached hydrogen (secondary N) is 1. The lowest BCUT2D eigenvalue weighted by atomic mass is 10.0. The molecule has 6 heteroatoms. The van der Waals surface area contributed by atoms with Crippen molar-refractivity contribution in [1.82, 2.24) is 5.32 Å². The SMILES string of the molecule is CCCCC/C=C\C/C=C\CCCCCCCC(=O)OCCCCCCCCCCCCCCCCCCCCCCCCCCCC(=O)NC(CO)C(O)/C=C/CCCCCCCCCCCCCCCC. The number of carbonyl (C=O) groups is 2. The molecule has 73 heavy (non-hydrogen) atoms. The predicted octanol–water partition coefficient (Wildman–Crippen LogP) is 20.8. The predicted molar refractivity (Wildman–Crippen MR) is 319 cm³/mol. The zero-order chi connectivity index (χ0) is 52.9. The Labute approximate surface area is 455 Å². The van der Waals surface area contributed by atoms with Crippen molar-refractivity contribution in [3.05, 3.63) is 36.5 Å². The second kappa shape index (κ2) is 62.6. The first-order valence-corrected chi connectivity index (χ1v) is 32.8. The normalized spacial score (nSPS) is 12.8. The Morgan fingerprint density at radius 3 is 1.07 bits per heavy atom. The van der Waals surface area contributed by atoms with Crippen molar-refractivity contribution in [2.24, 2.45) is 0 Å². The highest BCUT2D eigenvalue weighted by molar-refractivity contribution is 5.76. The Morgan fingerprint density at radius 1 is 0.384 bits per heavy atom. The van der Waals surface area contributed by atoms with Crippen molar-refractivity contribution >= 4 is 11.9 Å². The van der Waals surface area contributed by atoms with Gasteiger partial charge in [-0.05, 0) is 64.2 Å². The molecule has 0 aromatic heterocycles. The van der Waals surface area contributed by atoms with Gasteiger partial charge in [-0.3, -0.25) is 9.59 Å². The smallest absolute Gasteiger partial charge is 0.305 e. The molecule has 6 nitrogen and oxygen atoms in total. The number of esters is 1. The second-order valence-electron chi connectivity index (χ2n) is 22.5. The molecule has 2 atom stereocenters. The second-order valence-corrected chi connectivity index (χ2v) is 22.5. The van der Waals surface area contributed by atoms with Crippen LogP contribution in [-0.2, 0) is 14.3 Å². The zero-order valence-corrected chi connectivity index (χ0v) is 49.1. The van der Waals surface area contributed by atoms with Crippen molar-refractivity contribution in [1.29, 1.82) is 0 Å². The molecule has 0 aliphatic heterocycles. The summed E-state index contributed by atoms with van der Waals surface area (Å²) < 4.78 is 5.48. The minimum atomic E-state index is -0.843. The molecule has 0 saturated heterocycles. The van der Waals surface area contributed by atoms with E-state index in [9.17, 15) is 19.8 Å². The molecule has 0 saturated carbocycles. The number of aliphatic hydroxyl groups excluding tert-OH is 2. The number of hydrogen-bond donors (Lipinski definition) is 3. The van der Waals surface area contributed by atoms with Gasteiger partial charge in [-0.15, -0.1) is 0 Å². The number of allylic oxidation sites excluding steroid dienone is 5. The summed E-state index contributed by atoms with van der Waals surface area (Å²) in [5, 5.41) is 23.2. The maximum atomic E-state index is 12.5. The topological polar surface area (TPSA) is 95.9 Å². The van der Waals surface area contributed by atoms with Gasteiger partial charge in [0.25, 0.3) is 0 Å². The first-order valence-electron chi connectivity index (χ1n) is 32.8. The standard InChI is InChI=1S/C67H127NO5/c1-3-5-7-9-11-13-15-17-19-32-35-39-43-47-51-55-59-65(70)64(63-69)68-66(71)60-56-52-48-44-40-36-33-29-27-25-23-21-20-22-24-26-28-30-34-38-42-46-50-54-58-62-73-67(72)61-57-53-49-45-41-37-31-18-16-14-12-10-8-6-4-2/h12,14,18,31,55,59,64-65,69-70H,3-11,13,15-17,19-30,32-54,56-58,60-63H2,1-2H3,(H,68,71)/b14-12-,31-18-,59-55+. The molecule has 0 spiro atoms. The summed E-state index contributed by atoms with van der Waals surface area (Å²) in [6.45, 7) is 4.89. The molecule has 0 fully saturated rings. The molecule has 0 radical (unpaired) electrons. The molecule has 2 unspecified atom stereocenters.